The summed E-state index contributed by atoms with van der Waals surface area (Å²) < 4.78 is 0. The summed E-state index contributed by atoms with van der Waals surface area (Å²) in [6, 6.07) is 0. The van der Waals surface area contributed by atoms with Crippen molar-refractivity contribution < 1.29 is 0 Å². The van der Waals surface area contributed by atoms with E-state index >= 15 is 0 Å². The van der Waals surface area contributed by atoms with Crippen molar-refractivity contribution in [1.82, 2.24) is 0 Å². The van der Waals surface area contributed by atoms with E-state index in [1.54, 1.807) is 0 Å². The minimum atomic E-state index is 0.293. The van der Waals surface area contributed by atoms with Gasteiger partial charge in [-0.05, 0) is 79.4 Å². The van der Waals surface area contributed by atoms with Crippen LogP contribution in [0, 0.1) is 34.0 Å². The molecule has 0 aromatic heterocycles. The maximum Gasteiger partial charge on any atom is -0.00878 e. The number of allylic oxidation sites excluding steroid dienone is 3. The maximum atomic E-state index is 4.65. The number of hydrogen-bond donors (Lipinski definition) is 0. The van der Waals surface area contributed by atoms with Gasteiger partial charge in [-0.15, -0.1) is 0 Å². The molecule has 3 aliphatic carbocycles. The molecule has 24 heavy (non-hydrogen) atoms. The van der Waals surface area contributed by atoms with Crippen LogP contribution >= 0.6 is 0 Å². The van der Waals surface area contributed by atoms with Gasteiger partial charge in [0.15, 0.2) is 0 Å². The summed E-state index contributed by atoms with van der Waals surface area (Å²) in [4.78, 5) is 0. The summed E-state index contributed by atoms with van der Waals surface area (Å²) in [6.07, 6.45) is 8.88. The first-order chi connectivity index (χ1) is 11.1. The van der Waals surface area contributed by atoms with E-state index in [9.17, 15) is 0 Å². The molecule has 3 aliphatic rings. The highest BCUT2D eigenvalue weighted by Gasteiger charge is 2.61. The van der Waals surface area contributed by atoms with Crippen LogP contribution in [0.5, 0.6) is 0 Å². The summed E-state index contributed by atoms with van der Waals surface area (Å²) in [7, 11) is 0. The molecule has 0 spiro atoms. The van der Waals surface area contributed by atoms with E-state index in [1.807, 2.05) is 0 Å². The summed E-state index contributed by atoms with van der Waals surface area (Å²) in [6.45, 7) is 25.7. The van der Waals surface area contributed by atoms with E-state index in [0.29, 0.717) is 28.1 Å². The first-order valence-corrected chi connectivity index (χ1v) is 10.1. The minimum Gasteiger partial charge on any atom is -0.0998 e. The third-order valence-corrected chi connectivity index (χ3v) is 9.00. The van der Waals surface area contributed by atoms with E-state index in [2.05, 4.69) is 54.4 Å². The molecule has 0 radical (unpaired) electrons. The minimum absolute atomic E-state index is 0.293. The Morgan fingerprint density at radius 3 is 2.38 bits per heavy atom. The molecule has 0 aromatic carbocycles. The fraction of sp³-hybridized carbons (Fsp3) is 0.750. The molecule has 0 amide bonds. The normalized spacial score (nSPS) is 48.6. The Morgan fingerprint density at radius 2 is 1.79 bits per heavy atom. The van der Waals surface area contributed by atoms with Gasteiger partial charge < -0.3 is 0 Å². The average Bonchev–Trinajstić information content (AvgIpc) is 2.49. The summed E-state index contributed by atoms with van der Waals surface area (Å²) in [5.74, 6) is 2.21. The average molecular weight is 327 g/mol. The number of rotatable bonds is 2. The Morgan fingerprint density at radius 1 is 1.12 bits per heavy atom. The lowest BCUT2D eigenvalue weighted by atomic mass is 9.39. The van der Waals surface area contributed by atoms with Crippen molar-refractivity contribution >= 4 is 0 Å². The standard InChI is InChI=1S/C24H38/c1-9-19-21-18(5)15-22(6)14-17(4)10-13-24(22,8)20(21)11-12-23(19,7)16(2)3/h19-21H,2,4-5,9-15H2,1,3,6-8H3. The predicted molar refractivity (Wildman–Crippen MR) is 106 cm³/mol. The molecule has 0 saturated heterocycles. The van der Waals surface area contributed by atoms with Crippen molar-refractivity contribution in [3.8, 4) is 0 Å². The molecular formula is C24H38. The van der Waals surface area contributed by atoms with Gasteiger partial charge in [0, 0.05) is 0 Å². The fourth-order valence-corrected chi connectivity index (χ4v) is 7.11. The molecule has 3 rings (SSSR count). The Hall–Kier alpha value is -0.780. The van der Waals surface area contributed by atoms with Gasteiger partial charge in [0.25, 0.3) is 0 Å². The van der Waals surface area contributed by atoms with Crippen LogP contribution < -0.4 is 0 Å². The Kier molecular flexibility index (Phi) is 4.22. The molecule has 0 heteroatoms. The molecule has 0 heterocycles. The van der Waals surface area contributed by atoms with Crippen LogP contribution in [-0.4, -0.2) is 0 Å². The second kappa shape index (κ2) is 5.61. The van der Waals surface area contributed by atoms with Gasteiger partial charge in [-0.3, -0.25) is 0 Å². The zero-order chi connectivity index (χ0) is 17.9. The molecule has 0 bridgehead atoms. The molecule has 6 atom stereocenters. The van der Waals surface area contributed by atoms with Crippen LogP contribution in [0.15, 0.2) is 36.5 Å². The smallest absolute Gasteiger partial charge is 0.00878 e. The van der Waals surface area contributed by atoms with Crippen LogP contribution in [-0.2, 0) is 0 Å². The highest BCUT2D eigenvalue weighted by Crippen LogP contribution is 2.70. The zero-order valence-electron chi connectivity index (χ0n) is 16.8. The number of fused-ring (bicyclic) bond motifs is 3. The van der Waals surface area contributed by atoms with E-state index in [0.717, 1.165) is 5.92 Å². The van der Waals surface area contributed by atoms with E-state index in [4.69, 9.17) is 0 Å². The van der Waals surface area contributed by atoms with Gasteiger partial charge in [-0.25, -0.2) is 0 Å². The molecule has 3 fully saturated rings. The van der Waals surface area contributed by atoms with Crippen molar-refractivity contribution in [1.29, 1.82) is 0 Å². The first kappa shape index (κ1) is 18.0. The van der Waals surface area contributed by atoms with Crippen LogP contribution in [0.3, 0.4) is 0 Å². The third kappa shape index (κ3) is 2.24. The van der Waals surface area contributed by atoms with Crippen molar-refractivity contribution in [2.45, 2.75) is 79.6 Å². The van der Waals surface area contributed by atoms with Crippen molar-refractivity contribution in [2.75, 3.05) is 0 Å². The third-order valence-electron chi connectivity index (χ3n) is 9.00. The van der Waals surface area contributed by atoms with Crippen LogP contribution in [0.2, 0.25) is 0 Å². The lowest BCUT2D eigenvalue weighted by Gasteiger charge is -2.66. The van der Waals surface area contributed by atoms with Crippen molar-refractivity contribution in [2.24, 2.45) is 34.0 Å². The molecule has 134 valence electrons. The number of hydrogen-bond acceptors (Lipinski definition) is 0. The molecule has 6 unspecified atom stereocenters. The van der Waals surface area contributed by atoms with Gasteiger partial charge >= 0.3 is 0 Å². The summed E-state index contributed by atoms with van der Waals surface area (Å²) in [5, 5.41) is 0. The van der Waals surface area contributed by atoms with E-state index in [1.165, 1.54) is 61.7 Å². The monoisotopic (exact) mass is 326 g/mol. The molecule has 0 N–H and O–H groups in total. The first-order valence-electron chi connectivity index (χ1n) is 10.1. The van der Waals surface area contributed by atoms with E-state index in [-0.39, 0.29) is 0 Å². The molecule has 0 aromatic rings. The van der Waals surface area contributed by atoms with Crippen molar-refractivity contribution in [3.63, 3.8) is 0 Å². The van der Waals surface area contributed by atoms with Crippen LogP contribution in [0.4, 0.5) is 0 Å². The Labute approximate surface area is 150 Å². The molecule has 0 nitrogen and oxygen atoms in total. The topological polar surface area (TPSA) is 0 Å². The fourth-order valence-electron chi connectivity index (χ4n) is 7.11. The van der Waals surface area contributed by atoms with Gasteiger partial charge in [0.2, 0.25) is 0 Å². The molecule has 3 saturated carbocycles. The SMILES string of the molecule is C=C1CCC2(C)C3CCC(C)(C(=C)C)C(CC)C3C(=C)CC2(C)C1. The largest absolute Gasteiger partial charge is 0.0998 e. The maximum absolute atomic E-state index is 4.65. The summed E-state index contributed by atoms with van der Waals surface area (Å²) >= 11 is 0. The Balaban J connectivity index is 2.04. The highest BCUT2D eigenvalue weighted by atomic mass is 14.7. The van der Waals surface area contributed by atoms with Crippen molar-refractivity contribution in [3.05, 3.63) is 36.5 Å². The van der Waals surface area contributed by atoms with Gasteiger partial charge in [0.05, 0.1) is 0 Å². The predicted octanol–water partition coefficient (Wildman–Crippen LogP) is 7.33. The second-order valence-electron chi connectivity index (χ2n) is 10.1. The van der Waals surface area contributed by atoms with Gasteiger partial charge in [0.1, 0.15) is 0 Å². The molecular weight excluding hydrogens is 288 g/mol. The Bertz CT molecular complexity index is 581. The summed E-state index contributed by atoms with van der Waals surface area (Å²) in [5.41, 5.74) is 5.50. The quantitative estimate of drug-likeness (QED) is 0.466. The lowest BCUT2D eigenvalue weighted by Crippen LogP contribution is -2.57. The van der Waals surface area contributed by atoms with Crippen LogP contribution in [0.1, 0.15) is 79.6 Å². The lowest BCUT2D eigenvalue weighted by molar-refractivity contribution is -0.114. The van der Waals surface area contributed by atoms with Gasteiger partial charge in [-0.1, -0.05) is 70.6 Å². The second-order valence-corrected chi connectivity index (χ2v) is 10.1. The molecule has 0 aliphatic heterocycles. The van der Waals surface area contributed by atoms with E-state index < -0.39 is 0 Å². The van der Waals surface area contributed by atoms with Gasteiger partial charge in [-0.2, -0.15) is 0 Å². The van der Waals surface area contributed by atoms with Crippen LogP contribution in [0.25, 0.3) is 0 Å². The highest BCUT2D eigenvalue weighted by molar-refractivity contribution is 5.27. The zero-order valence-corrected chi connectivity index (χ0v) is 16.8.